The van der Waals surface area contributed by atoms with Gasteiger partial charge in [0.15, 0.2) is 0 Å². The highest BCUT2D eigenvalue weighted by molar-refractivity contribution is 7.89. The second-order valence-electron chi connectivity index (χ2n) is 6.30. The molecule has 3 aromatic rings. The molecule has 1 aliphatic heterocycles. The van der Waals surface area contributed by atoms with Gasteiger partial charge in [-0.25, -0.2) is 13.4 Å². The number of nitrogens with one attached hydrogen (secondary N) is 1. The zero-order valence-electron chi connectivity index (χ0n) is 14.3. The largest absolute Gasteiger partial charge is 0.367 e. The van der Waals surface area contributed by atoms with Gasteiger partial charge in [-0.15, -0.1) is 0 Å². The van der Waals surface area contributed by atoms with Crippen LogP contribution in [0.3, 0.4) is 0 Å². The number of piperazine rings is 1. The number of carbonyl (C=O) groups excluding carboxylic acids is 1. The van der Waals surface area contributed by atoms with Crippen molar-refractivity contribution in [1.82, 2.24) is 23.7 Å². The molecule has 0 bridgehead atoms. The molecule has 0 spiro atoms. The van der Waals surface area contributed by atoms with Crippen LogP contribution in [0.1, 0.15) is 10.4 Å². The second kappa shape index (κ2) is 6.26. The molecule has 0 atom stereocenters. The zero-order chi connectivity index (χ0) is 18.3. The topological polar surface area (TPSA) is 91.3 Å². The molecular formula is C17H19N5O3S. The van der Waals surface area contributed by atoms with Crippen LogP contribution in [0.15, 0.2) is 47.9 Å². The highest BCUT2D eigenvalue weighted by Gasteiger charge is 2.30. The van der Waals surface area contributed by atoms with Crippen LogP contribution in [0.5, 0.6) is 0 Å². The van der Waals surface area contributed by atoms with Gasteiger partial charge in [0.25, 0.3) is 5.91 Å². The second-order valence-corrected chi connectivity index (χ2v) is 8.24. The van der Waals surface area contributed by atoms with Crippen LogP contribution in [0.4, 0.5) is 0 Å². The number of hydrogen-bond acceptors (Lipinski definition) is 4. The molecule has 2 aromatic heterocycles. The van der Waals surface area contributed by atoms with Crippen LogP contribution in [-0.4, -0.2) is 64.2 Å². The molecule has 8 nitrogen and oxygen atoms in total. The standard InChI is InChI=1S/C17H19N5O3S/c1-20-12-19-15-10-14(2-3-16(15)20)26(24,25)22-8-6-21(7-9-22)17(23)13-4-5-18-11-13/h2-5,10-12,18H,6-9H2,1H3. The van der Waals surface area contributed by atoms with Crippen molar-refractivity contribution < 1.29 is 13.2 Å². The van der Waals surface area contributed by atoms with Gasteiger partial charge in [-0.1, -0.05) is 0 Å². The van der Waals surface area contributed by atoms with E-state index in [0.717, 1.165) is 5.52 Å². The molecular weight excluding hydrogens is 354 g/mol. The lowest BCUT2D eigenvalue weighted by Gasteiger charge is -2.33. The molecule has 1 N–H and O–H groups in total. The van der Waals surface area contributed by atoms with Gasteiger partial charge in [-0.05, 0) is 24.3 Å². The van der Waals surface area contributed by atoms with Crippen molar-refractivity contribution >= 4 is 27.0 Å². The summed E-state index contributed by atoms with van der Waals surface area (Å²) in [5.74, 6) is -0.0850. The van der Waals surface area contributed by atoms with Crippen molar-refractivity contribution in [2.24, 2.45) is 7.05 Å². The summed E-state index contributed by atoms with van der Waals surface area (Å²) in [7, 11) is -1.74. The monoisotopic (exact) mass is 373 g/mol. The maximum absolute atomic E-state index is 12.9. The normalized spacial score (nSPS) is 16.3. The number of amides is 1. The number of rotatable bonds is 3. The number of imidazole rings is 1. The van der Waals surface area contributed by atoms with Gasteiger partial charge in [-0.3, -0.25) is 4.79 Å². The number of aromatic amines is 1. The van der Waals surface area contributed by atoms with Crippen LogP contribution in [0.25, 0.3) is 11.0 Å². The minimum atomic E-state index is -3.61. The van der Waals surface area contributed by atoms with Crippen molar-refractivity contribution in [1.29, 1.82) is 0 Å². The predicted molar refractivity (Wildman–Crippen MR) is 96.2 cm³/mol. The number of fused-ring (bicyclic) bond motifs is 1. The molecule has 0 aliphatic carbocycles. The van der Waals surface area contributed by atoms with E-state index < -0.39 is 10.0 Å². The Morgan fingerprint density at radius 2 is 1.92 bits per heavy atom. The van der Waals surface area contributed by atoms with E-state index in [9.17, 15) is 13.2 Å². The minimum absolute atomic E-state index is 0.0850. The van der Waals surface area contributed by atoms with E-state index in [1.165, 1.54) is 4.31 Å². The molecule has 0 unspecified atom stereocenters. The average Bonchev–Trinajstić information content (AvgIpc) is 3.31. The summed E-state index contributed by atoms with van der Waals surface area (Å²) in [4.78, 5) is 21.4. The highest BCUT2D eigenvalue weighted by Crippen LogP contribution is 2.22. The van der Waals surface area contributed by atoms with Gasteiger partial charge in [0.05, 0.1) is 27.8 Å². The number of sulfonamides is 1. The molecule has 1 amide bonds. The first-order valence-electron chi connectivity index (χ1n) is 8.30. The quantitative estimate of drug-likeness (QED) is 0.743. The molecule has 3 heterocycles. The number of nitrogens with zero attached hydrogens (tertiary/aromatic N) is 4. The summed E-state index contributed by atoms with van der Waals surface area (Å²) in [5, 5.41) is 0. The molecule has 0 radical (unpaired) electrons. The maximum Gasteiger partial charge on any atom is 0.255 e. The van der Waals surface area contributed by atoms with Crippen molar-refractivity contribution in [3.63, 3.8) is 0 Å². The van der Waals surface area contributed by atoms with Crippen LogP contribution >= 0.6 is 0 Å². The third-order valence-corrected chi connectivity index (χ3v) is 6.60. The molecule has 4 rings (SSSR count). The molecule has 136 valence electrons. The van der Waals surface area contributed by atoms with E-state index in [0.29, 0.717) is 24.2 Å². The van der Waals surface area contributed by atoms with Crippen molar-refractivity contribution in [2.75, 3.05) is 26.2 Å². The molecule has 0 saturated carbocycles. The van der Waals surface area contributed by atoms with Gasteiger partial charge in [-0.2, -0.15) is 4.31 Å². The summed E-state index contributed by atoms with van der Waals surface area (Å²) >= 11 is 0. The lowest BCUT2D eigenvalue weighted by molar-refractivity contribution is 0.0698. The van der Waals surface area contributed by atoms with Crippen molar-refractivity contribution in [3.05, 3.63) is 48.5 Å². The van der Waals surface area contributed by atoms with Crippen molar-refractivity contribution in [2.45, 2.75) is 4.90 Å². The van der Waals surface area contributed by atoms with E-state index in [4.69, 9.17) is 0 Å². The Labute approximate surface area is 151 Å². The van der Waals surface area contributed by atoms with E-state index in [2.05, 4.69) is 9.97 Å². The highest BCUT2D eigenvalue weighted by atomic mass is 32.2. The SMILES string of the molecule is Cn1cnc2cc(S(=O)(=O)N3CCN(C(=O)c4cc[nH]c4)CC3)ccc21. The molecule has 1 aliphatic rings. The third kappa shape index (κ3) is 2.78. The lowest BCUT2D eigenvalue weighted by Crippen LogP contribution is -2.50. The first-order valence-corrected chi connectivity index (χ1v) is 9.74. The van der Waals surface area contributed by atoms with Crippen molar-refractivity contribution in [3.8, 4) is 0 Å². The summed E-state index contributed by atoms with van der Waals surface area (Å²) < 4.78 is 29.1. The van der Waals surface area contributed by atoms with Crippen LogP contribution < -0.4 is 0 Å². The lowest BCUT2D eigenvalue weighted by atomic mass is 10.2. The fourth-order valence-electron chi connectivity index (χ4n) is 3.20. The molecule has 1 saturated heterocycles. The van der Waals surface area contributed by atoms with Gasteiger partial charge < -0.3 is 14.5 Å². The number of carbonyl (C=O) groups is 1. The van der Waals surface area contributed by atoms with E-state index in [1.807, 2.05) is 11.6 Å². The Balaban J connectivity index is 1.51. The fraction of sp³-hybridized carbons (Fsp3) is 0.294. The Kier molecular flexibility index (Phi) is 4.04. The first-order chi connectivity index (χ1) is 12.5. The summed E-state index contributed by atoms with van der Waals surface area (Å²) in [6.07, 6.45) is 5.00. The number of H-pyrrole nitrogens is 1. The summed E-state index contributed by atoms with van der Waals surface area (Å²) in [6.45, 7) is 1.29. The van der Waals surface area contributed by atoms with Crippen LogP contribution in [0, 0.1) is 0 Å². The molecule has 1 fully saturated rings. The van der Waals surface area contributed by atoms with Gasteiger partial charge >= 0.3 is 0 Å². The third-order valence-electron chi connectivity index (χ3n) is 4.71. The Bertz CT molecular complexity index is 1050. The van der Waals surface area contributed by atoms with Crippen LogP contribution in [-0.2, 0) is 17.1 Å². The van der Waals surface area contributed by atoms with Gasteiger partial charge in [0, 0.05) is 45.6 Å². The molecule has 1 aromatic carbocycles. The summed E-state index contributed by atoms with van der Waals surface area (Å²) in [5.41, 5.74) is 2.11. The number of aryl methyl sites for hydroxylation is 1. The smallest absolute Gasteiger partial charge is 0.255 e. The van der Waals surface area contributed by atoms with E-state index in [1.54, 1.807) is 47.9 Å². The fourth-order valence-corrected chi connectivity index (χ4v) is 4.64. The van der Waals surface area contributed by atoms with E-state index in [-0.39, 0.29) is 23.9 Å². The van der Waals surface area contributed by atoms with E-state index >= 15 is 0 Å². The maximum atomic E-state index is 12.9. The zero-order valence-corrected chi connectivity index (χ0v) is 15.1. The number of aromatic nitrogens is 3. The number of benzene rings is 1. The predicted octanol–water partition coefficient (Wildman–Crippen LogP) is 1.05. The van der Waals surface area contributed by atoms with Gasteiger partial charge in [0.2, 0.25) is 10.0 Å². The van der Waals surface area contributed by atoms with Crippen LogP contribution in [0.2, 0.25) is 0 Å². The molecule has 9 heteroatoms. The molecule has 26 heavy (non-hydrogen) atoms. The first kappa shape index (κ1) is 16.8. The Morgan fingerprint density at radius 3 is 2.62 bits per heavy atom. The Morgan fingerprint density at radius 1 is 1.15 bits per heavy atom. The Hall–Kier alpha value is -2.65. The summed E-state index contributed by atoms with van der Waals surface area (Å²) in [6, 6.07) is 6.69. The van der Waals surface area contributed by atoms with Gasteiger partial charge in [0.1, 0.15) is 0 Å². The number of hydrogen-bond donors (Lipinski definition) is 1. The minimum Gasteiger partial charge on any atom is -0.367 e. The average molecular weight is 373 g/mol.